The van der Waals surface area contributed by atoms with Crippen LogP contribution in [0.1, 0.15) is 24.2 Å². The molecule has 2 atom stereocenters. The van der Waals surface area contributed by atoms with E-state index >= 15 is 0 Å². The molecule has 4 heterocycles. The van der Waals surface area contributed by atoms with E-state index in [1.807, 2.05) is 17.9 Å². The van der Waals surface area contributed by atoms with Crippen molar-refractivity contribution in [2.75, 3.05) is 29.4 Å². The van der Waals surface area contributed by atoms with Crippen LogP contribution in [-0.4, -0.2) is 40.6 Å². The summed E-state index contributed by atoms with van der Waals surface area (Å²) in [5, 5.41) is 0. The summed E-state index contributed by atoms with van der Waals surface area (Å²) < 4.78 is 39.0. The van der Waals surface area contributed by atoms with E-state index in [2.05, 4.69) is 19.9 Å². The molecule has 138 valence electrons. The van der Waals surface area contributed by atoms with Gasteiger partial charge in [0.2, 0.25) is 0 Å². The Morgan fingerprint density at radius 1 is 1.04 bits per heavy atom. The highest BCUT2D eigenvalue weighted by molar-refractivity contribution is 5.47. The van der Waals surface area contributed by atoms with Gasteiger partial charge in [-0.25, -0.2) is 15.0 Å². The molecule has 0 radical (unpaired) electrons. The highest BCUT2D eigenvalue weighted by atomic mass is 19.4. The Morgan fingerprint density at radius 3 is 2.58 bits per heavy atom. The summed E-state index contributed by atoms with van der Waals surface area (Å²) >= 11 is 0. The molecule has 2 saturated heterocycles. The first-order valence-corrected chi connectivity index (χ1v) is 8.76. The summed E-state index contributed by atoms with van der Waals surface area (Å²) in [4.78, 5) is 17.1. The van der Waals surface area contributed by atoms with Crippen molar-refractivity contribution in [2.45, 2.75) is 32.0 Å². The van der Waals surface area contributed by atoms with Crippen LogP contribution in [0.3, 0.4) is 0 Å². The number of hydrogen-bond donors (Lipinski definition) is 0. The normalized spacial score (nSPS) is 23.2. The van der Waals surface area contributed by atoms with Gasteiger partial charge < -0.3 is 9.80 Å². The molecule has 0 amide bonds. The predicted octanol–water partition coefficient (Wildman–Crippen LogP) is 3.30. The molecular weight excluding hydrogens is 343 g/mol. The summed E-state index contributed by atoms with van der Waals surface area (Å²) in [5.41, 5.74) is -0.653. The summed E-state index contributed by atoms with van der Waals surface area (Å²) in [6, 6.07) is 4.29. The third kappa shape index (κ3) is 3.20. The second-order valence-electron chi connectivity index (χ2n) is 6.91. The first-order valence-electron chi connectivity index (χ1n) is 8.76. The van der Waals surface area contributed by atoms with E-state index in [0.29, 0.717) is 18.3 Å². The molecule has 0 N–H and O–H groups in total. The SMILES string of the molecule is Cc1nccc(N2CCC3CCN(c4cc(C(F)(F)F)ccn4)CC32)n1. The zero-order chi connectivity index (χ0) is 18.3. The van der Waals surface area contributed by atoms with Crippen molar-refractivity contribution in [3.05, 3.63) is 42.0 Å². The Bertz CT molecular complexity index is 794. The van der Waals surface area contributed by atoms with Crippen LogP contribution in [0.4, 0.5) is 24.8 Å². The lowest BCUT2D eigenvalue weighted by molar-refractivity contribution is -0.137. The van der Waals surface area contributed by atoms with Crippen molar-refractivity contribution in [1.29, 1.82) is 0 Å². The molecule has 5 nitrogen and oxygen atoms in total. The summed E-state index contributed by atoms with van der Waals surface area (Å²) in [6.07, 6.45) is 0.666. The van der Waals surface area contributed by atoms with Crippen molar-refractivity contribution in [2.24, 2.45) is 5.92 Å². The fourth-order valence-corrected chi connectivity index (χ4v) is 4.00. The van der Waals surface area contributed by atoms with E-state index in [-0.39, 0.29) is 6.04 Å². The molecule has 2 fully saturated rings. The van der Waals surface area contributed by atoms with Gasteiger partial charge in [0.15, 0.2) is 0 Å². The first-order chi connectivity index (χ1) is 12.4. The van der Waals surface area contributed by atoms with Crippen molar-refractivity contribution < 1.29 is 13.2 Å². The number of anilines is 2. The van der Waals surface area contributed by atoms with Gasteiger partial charge in [0, 0.05) is 32.0 Å². The lowest BCUT2D eigenvalue weighted by atomic mass is 9.92. The van der Waals surface area contributed by atoms with Crippen LogP contribution in [-0.2, 0) is 6.18 Å². The van der Waals surface area contributed by atoms with Crippen LogP contribution in [0.25, 0.3) is 0 Å². The summed E-state index contributed by atoms with van der Waals surface area (Å²) in [5.74, 6) is 2.54. The van der Waals surface area contributed by atoms with E-state index < -0.39 is 11.7 Å². The van der Waals surface area contributed by atoms with E-state index in [1.54, 1.807) is 6.20 Å². The van der Waals surface area contributed by atoms with Gasteiger partial charge in [-0.3, -0.25) is 0 Å². The van der Waals surface area contributed by atoms with E-state index in [9.17, 15) is 13.2 Å². The Labute approximate surface area is 149 Å². The minimum Gasteiger partial charge on any atom is -0.355 e. The van der Waals surface area contributed by atoms with Crippen LogP contribution in [0, 0.1) is 12.8 Å². The van der Waals surface area contributed by atoms with Gasteiger partial charge in [0.1, 0.15) is 17.5 Å². The Morgan fingerprint density at radius 2 is 1.81 bits per heavy atom. The van der Waals surface area contributed by atoms with Crippen LogP contribution in [0.15, 0.2) is 30.6 Å². The van der Waals surface area contributed by atoms with E-state index in [0.717, 1.165) is 49.7 Å². The average Bonchev–Trinajstić information content (AvgIpc) is 3.04. The number of hydrogen-bond acceptors (Lipinski definition) is 5. The van der Waals surface area contributed by atoms with Crippen LogP contribution in [0.5, 0.6) is 0 Å². The van der Waals surface area contributed by atoms with Gasteiger partial charge in [-0.2, -0.15) is 13.2 Å². The topological polar surface area (TPSA) is 45.2 Å². The largest absolute Gasteiger partial charge is 0.416 e. The highest BCUT2D eigenvalue weighted by Crippen LogP contribution is 2.36. The lowest BCUT2D eigenvalue weighted by Gasteiger charge is -2.39. The third-order valence-corrected chi connectivity index (χ3v) is 5.31. The quantitative estimate of drug-likeness (QED) is 0.819. The molecule has 2 aliphatic rings. The fraction of sp³-hybridized carbons (Fsp3) is 0.500. The minimum atomic E-state index is -4.35. The molecule has 0 spiro atoms. The predicted molar refractivity (Wildman–Crippen MR) is 92.1 cm³/mol. The zero-order valence-corrected chi connectivity index (χ0v) is 14.4. The number of piperidine rings is 1. The van der Waals surface area contributed by atoms with Crippen molar-refractivity contribution in [1.82, 2.24) is 15.0 Å². The number of aromatic nitrogens is 3. The van der Waals surface area contributed by atoms with Gasteiger partial charge in [-0.15, -0.1) is 0 Å². The number of pyridine rings is 1. The van der Waals surface area contributed by atoms with Crippen LogP contribution >= 0.6 is 0 Å². The van der Waals surface area contributed by atoms with Crippen LogP contribution < -0.4 is 9.80 Å². The number of nitrogens with zero attached hydrogens (tertiary/aromatic N) is 5. The van der Waals surface area contributed by atoms with Gasteiger partial charge in [-0.05, 0) is 43.9 Å². The molecule has 2 unspecified atom stereocenters. The Kier molecular flexibility index (Phi) is 4.20. The molecule has 26 heavy (non-hydrogen) atoms. The highest BCUT2D eigenvalue weighted by Gasteiger charge is 2.40. The standard InChI is InChI=1S/C18H20F3N5/c1-12-22-7-3-16(24-12)26-9-5-13-4-8-25(11-15(13)26)17-10-14(2-6-23-17)18(19,20)21/h2-3,6-7,10,13,15H,4-5,8-9,11H2,1H3. The van der Waals surface area contributed by atoms with Gasteiger partial charge in [0.25, 0.3) is 0 Å². The van der Waals surface area contributed by atoms with Crippen molar-refractivity contribution >= 4 is 11.6 Å². The molecule has 0 saturated carbocycles. The van der Waals surface area contributed by atoms with Crippen molar-refractivity contribution in [3.63, 3.8) is 0 Å². The summed E-state index contributed by atoms with van der Waals surface area (Å²) in [6.45, 7) is 4.15. The molecule has 2 aromatic heterocycles. The lowest BCUT2D eigenvalue weighted by Crippen LogP contribution is -2.49. The minimum absolute atomic E-state index is 0.231. The molecule has 0 aromatic carbocycles. The molecule has 2 aromatic rings. The maximum Gasteiger partial charge on any atom is 0.416 e. The molecule has 2 aliphatic heterocycles. The molecule has 8 heteroatoms. The average molecular weight is 363 g/mol. The second kappa shape index (κ2) is 6.41. The summed E-state index contributed by atoms with van der Waals surface area (Å²) in [7, 11) is 0. The first kappa shape index (κ1) is 17.1. The zero-order valence-electron chi connectivity index (χ0n) is 14.4. The van der Waals surface area contributed by atoms with Gasteiger partial charge >= 0.3 is 6.18 Å². The smallest absolute Gasteiger partial charge is 0.355 e. The maximum absolute atomic E-state index is 13.0. The Hall–Kier alpha value is -2.38. The Balaban J connectivity index is 1.57. The maximum atomic E-state index is 13.0. The number of fused-ring (bicyclic) bond motifs is 1. The second-order valence-corrected chi connectivity index (χ2v) is 6.91. The van der Waals surface area contributed by atoms with Gasteiger partial charge in [-0.1, -0.05) is 0 Å². The van der Waals surface area contributed by atoms with Gasteiger partial charge in [0.05, 0.1) is 11.6 Å². The number of rotatable bonds is 2. The molecule has 0 bridgehead atoms. The number of aryl methyl sites for hydroxylation is 1. The van der Waals surface area contributed by atoms with E-state index in [4.69, 9.17) is 0 Å². The molecule has 0 aliphatic carbocycles. The van der Waals surface area contributed by atoms with E-state index in [1.165, 1.54) is 6.20 Å². The number of alkyl halides is 3. The monoisotopic (exact) mass is 363 g/mol. The third-order valence-electron chi connectivity index (χ3n) is 5.31. The molecule has 4 rings (SSSR count). The fourth-order valence-electron chi connectivity index (χ4n) is 4.00. The number of halogens is 3. The van der Waals surface area contributed by atoms with Crippen LogP contribution in [0.2, 0.25) is 0 Å². The molecular formula is C18H20F3N5. The van der Waals surface area contributed by atoms with Crippen molar-refractivity contribution in [3.8, 4) is 0 Å².